The summed E-state index contributed by atoms with van der Waals surface area (Å²) in [7, 11) is 3.44. The van der Waals surface area contributed by atoms with Crippen LogP contribution in [0, 0.1) is 5.82 Å². The molecule has 0 spiro atoms. The van der Waals surface area contributed by atoms with Crippen LogP contribution in [0.25, 0.3) is 11.1 Å². The Balaban J connectivity index is 2.56. The van der Waals surface area contributed by atoms with Crippen molar-refractivity contribution in [1.29, 1.82) is 0 Å². The summed E-state index contributed by atoms with van der Waals surface area (Å²) >= 11 is 6.15. The summed E-state index contributed by atoms with van der Waals surface area (Å²) in [5, 5.41) is 3.68. The fourth-order valence-corrected chi connectivity index (χ4v) is 2.40. The van der Waals surface area contributed by atoms with E-state index >= 15 is 0 Å². The molecule has 0 amide bonds. The Morgan fingerprint density at radius 2 is 1.95 bits per heavy atom. The van der Waals surface area contributed by atoms with E-state index in [-0.39, 0.29) is 11.9 Å². The van der Waals surface area contributed by atoms with Gasteiger partial charge in [0.15, 0.2) is 0 Å². The van der Waals surface area contributed by atoms with Crippen molar-refractivity contribution in [1.82, 2.24) is 5.32 Å². The molecular formula is C16H17ClFNO. The first-order valence-electron chi connectivity index (χ1n) is 6.37. The number of nitrogens with one attached hydrogen (secondary N) is 1. The van der Waals surface area contributed by atoms with Gasteiger partial charge in [0, 0.05) is 6.04 Å². The lowest BCUT2D eigenvalue weighted by molar-refractivity contribution is 0.415. The van der Waals surface area contributed by atoms with Gasteiger partial charge in [-0.05, 0) is 54.9 Å². The third kappa shape index (κ3) is 2.94. The molecule has 1 N–H and O–H groups in total. The number of benzene rings is 2. The Morgan fingerprint density at radius 3 is 2.55 bits per heavy atom. The Bertz CT molecular complexity index is 615. The molecule has 0 saturated heterocycles. The van der Waals surface area contributed by atoms with Gasteiger partial charge in [-0.1, -0.05) is 23.7 Å². The second-order valence-electron chi connectivity index (χ2n) is 4.59. The van der Waals surface area contributed by atoms with Gasteiger partial charge in [-0.3, -0.25) is 0 Å². The maximum atomic E-state index is 13.6. The van der Waals surface area contributed by atoms with Crippen LogP contribution < -0.4 is 10.1 Å². The molecule has 0 saturated carbocycles. The summed E-state index contributed by atoms with van der Waals surface area (Å²) in [6, 6.07) is 10.4. The topological polar surface area (TPSA) is 21.3 Å². The third-order valence-corrected chi connectivity index (χ3v) is 3.67. The summed E-state index contributed by atoms with van der Waals surface area (Å²) in [6.07, 6.45) is 0. The molecule has 0 bridgehead atoms. The zero-order valence-electron chi connectivity index (χ0n) is 11.7. The van der Waals surface area contributed by atoms with Gasteiger partial charge < -0.3 is 10.1 Å². The Kier molecular flexibility index (Phi) is 4.63. The van der Waals surface area contributed by atoms with Crippen LogP contribution in [0.1, 0.15) is 18.5 Å². The number of methoxy groups -OCH3 is 1. The molecule has 106 valence electrons. The highest BCUT2D eigenvalue weighted by molar-refractivity contribution is 6.32. The molecule has 0 fully saturated rings. The monoisotopic (exact) mass is 293 g/mol. The number of ether oxygens (including phenoxy) is 1. The van der Waals surface area contributed by atoms with Gasteiger partial charge in [-0.15, -0.1) is 0 Å². The van der Waals surface area contributed by atoms with Crippen molar-refractivity contribution in [2.45, 2.75) is 13.0 Å². The minimum atomic E-state index is -0.265. The summed E-state index contributed by atoms with van der Waals surface area (Å²) in [6.45, 7) is 2.03. The van der Waals surface area contributed by atoms with E-state index in [1.807, 2.05) is 20.0 Å². The predicted molar refractivity (Wildman–Crippen MR) is 80.9 cm³/mol. The van der Waals surface area contributed by atoms with Crippen molar-refractivity contribution >= 4 is 11.6 Å². The van der Waals surface area contributed by atoms with E-state index in [4.69, 9.17) is 16.3 Å². The molecule has 4 heteroatoms. The maximum absolute atomic E-state index is 13.6. The van der Waals surface area contributed by atoms with E-state index in [2.05, 4.69) is 5.32 Å². The van der Waals surface area contributed by atoms with Gasteiger partial charge in [0.05, 0.1) is 12.1 Å². The van der Waals surface area contributed by atoms with Crippen molar-refractivity contribution in [3.8, 4) is 16.9 Å². The molecule has 1 atom stereocenters. The third-order valence-electron chi connectivity index (χ3n) is 3.38. The number of hydrogen-bond acceptors (Lipinski definition) is 2. The first-order chi connectivity index (χ1) is 9.56. The molecule has 0 aromatic heterocycles. The van der Waals surface area contributed by atoms with E-state index < -0.39 is 0 Å². The molecule has 0 heterocycles. The molecule has 1 unspecified atom stereocenters. The molecule has 0 aliphatic heterocycles. The van der Waals surface area contributed by atoms with E-state index in [1.165, 1.54) is 12.1 Å². The summed E-state index contributed by atoms with van der Waals surface area (Å²) in [5.74, 6) is 0.342. The van der Waals surface area contributed by atoms with Gasteiger partial charge in [0.2, 0.25) is 0 Å². The highest BCUT2D eigenvalue weighted by atomic mass is 35.5. The molecule has 2 aromatic rings. The van der Waals surface area contributed by atoms with Crippen LogP contribution in [0.15, 0.2) is 36.4 Å². The standard InChI is InChI=1S/C16H17ClFNO/c1-10(19-2)13-6-5-12(18)9-14(13)11-4-7-16(20-3)15(17)8-11/h4-10,19H,1-3H3. The van der Waals surface area contributed by atoms with Gasteiger partial charge in [-0.25, -0.2) is 4.39 Å². The highest BCUT2D eigenvalue weighted by Crippen LogP contribution is 2.34. The Morgan fingerprint density at radius 1 is 1.20 bits per heavy atom. The van der Waals surface area contributed by atoms with Crippen molar-refractivity contribution in [3.63, 3.8) is 0 Å². The maximum Gasteiger partial charge on any atom is 0.137 e. The lowest BCUT2D eigenvalue weighted by Crippen LogP contribution is -2.13. The molecule has 2 aromatic carbocycles. The molecule has 0 aliphatic rings. The van der Waals surface area contributed by atoms with Crippen molar-refractivity contribution in [2.75, 3.05) is 14.2 Å². The second-order valence-corrected chi connectivity index (χ2v) is 5.00. The van der Waals surface area contributed by atoms with Crippen LogP contribution in [-0.4, -0.2) is 14.2 Å². The summed E-state index contributed by atoms with van der Waals surface area (Å²) in [4.78, 5) is 0. The lowest BCUT2D eigenvalue weighted by Gasteiger charge is -2.17. The number of hydrogen-bond donors (Lipinski definition) is 1. The van der Waals surface area contributed by atoms with Crippen LogP contribution in [0.2, 0.25) is 5.02 Å². The van der Waals surface area contributed by atoms with Crippen LogP contribution >= 0.6 is 11.6 Å². The van der Waals surface area contributed by atoms with Gasteiger partial charge in [0.25, 0.3) is 0 Å². The van der Waals surface area contributed by atoms with Gasteiger partial charge in [-0.2, -0.15) is 0 Å². The zero-order chi connectivity index (χ0) is 14.7. The smallest absolute Gasteiger partial charge is 0.137 e. The van der Waals surface area contributed by atoms with E-state index in [1.54, 1.807) is 25.3 Å². The molecule has 0 radical (unpaired) electrons. The molecule has 2 nitrogen and oxygen atoms in total. The van der Waals surface area contributed by atoms with Crippen molar-refractivity contribution < 1.29 is 9.13 Å². The van der Waals surface area contributed by atoms with E-state index in [0.29, 0.717) is 10.8 Å². The largest absolute Gasteiger partial charge is 0.495 e. The SMILES string of the molecule is CNC(C)c1ccc(F)cc1-c1ccc(OC)c(Cl)c1. The minimum absolute atomic E-state index is 0.117. The fourth-order valence-electron chi connectivity index (χ4n) is 2.15. The molecular weight excluding hydrogens is 277 g/mol. The molecule has 2 rings (SSSR count). The van der Waals surface area contributed by atoms with E-state index in [9.17, 15) is 4.39 Å². The predicted octanol–water partition coefficient (Wildman–Crippen LogP) is 4.44. The zero-order valence-corrected chi connectivity index (χ0v) is 12.5. The average Bonchev–Trinajstić information content (AvgIpc) is 2.46. The summed E-state index contributed by atoms with van der Waals surface area (Å²) < 4.78 is 18.7. The Labute approximate surface area is 123 Å². The fraction of sp³-hybridized carbons (Fsp3) is 0.250. The Hall–Kier alpha value is -1.58. The second kappa shape index (κ2) is 6.25. The van der Waals surface area contributed by atoms with Crippen molar-refractivity contribution in [3.05, 3.63) is 52.8 Å². The average molecular weight is 294 g/mol. The van der Waals surface area contributed by atoms with Crippen LogP contribution in [0.5, 0.6) is 5.75 Å². The normalized spacial score (nSPS) is 12.2. The van der Waals surface area contributed by atoms with Gasteiger partial charge in [0.1, 0.15) is 11.6 Å². The first-order valence-corrected chi connectivity index (χ1v) is 6.75. The van der Waals surface area contributed by atoms with Crippen LogP contribution in [0.4, 0.5) is 4.39 Å². The first kappa shape index (κ1) is 14.8. The number of rotatable bonds is 4. The van der Waals surface area contributed by atoms with Gasteiger partial charge >= 0.3 is 0 Å². The van der Waals surface area contributed by atoms with Crippen LogP contribution in [0.3, 0.4) is 0 Å². The van der Waals surface area contributed by atoms with E-state index in [0.717, 1.165) is 16.7 Å². The van der Waals surface area contributed by atoms with Crippen LogP contribution in [-0.2, 0) is 0 Å². The minimum Gasteiger partial charge on any atom is -0.495 e. The molecule has 20 heavy (non-hydrogen) atoms. The quantitative estimate of drug-likeness (QED) is 0.900. The lowest BCUT2D eigenvalue weighted by atomic mass is 9.95. The van der Waals surface area contributed by atoms with Crippen molar-refractivity contribution in [2.24, 2.45) is 0 Å². The summed E-state index contributed by atoms with van der Waals surface area (Å²) in [5.41, 5.74) is 2.72. The number of halogens is 2. The molecule has 0 aliphatic carbocycles. The highest BCUT2D eigenvalue weighted by Gasteiger charge is 2.13.